The van der Waals surface area contributed by atoms with Gasteiger partial charge in [0.05, 0.1) is 5.56 Å². The highest BCUT2D eigenvalue weighted by molar-refractivity contribution is 5.76. The molecule has 7 heteroatoms. The van der Waals surface area contributed by atoms with Crippen molar-refractivity contribution in [1.29, 1.82) is 0 Å². The zero-order valence-corrected chi connectivity index (χ0v) is 10.9. The number of carboxylic acid groups (broad SMARTS) is 1. The van der Waals surface area contributed by atoms with Gasteiger partial charge in [0.15, 0.2) is 6.10 Å². The Balaban J connectivity index is 2.63. The lowest BCUT2D eigenvalue weighted by Crippen LogP contribution is -2.11. The Kier molecular flexibility index (Phi) is 4.18. The average molecular weight is 314 g/mol. The zero-order chi connectivity index (χ0) is 16.5. The van der Waals surface area contributed by atoms with Crippen molar-refractivity contribution in [3.05, 3.63) is 59.4 Å². The number of aliphatic hydroxyl groups is 1. The van der Waals surface area contributed by atoms with Crippen LogP contribution in [-0.4, -0.2) is 16.2 Å². The Bertz CT molecular complexity index is 710. The number of aliphatic hydroxyl groups excluding tert-OH is 1. The molecule has 2 aromatic rings. The molecule has 1 unspecified atom stereocenters. The van der Waals surface area contributed by atoms with Crippen LogP contribution in [0.4, 0.5) is 17.6 Å². The molecular formula is C15H10F4O3. The van der Waals surface area contributed by atoms with Crippen LogP contribution < -0.4 is 0 Å². The van der Waals surface area contributed by atoms with Gasteiger partial charge >= 0.3 is 12.1 Å². The lowest BCUT2D eigenvalue weighted by Gasteiger charge is -2.15. The molecule has 1 atom stereocenters. The van der Waals surface area contributed by atoms with Crippen molar-refractivity contribution in [2.75, 3.05) is 0 Å². The summed E-state index contributed by atoms with van der Waals surface area (Å²) in [5.41, 5.74) is -2.10. The third kappa shape index (κ3) is 3.09. The first kappa shape index (κ1) is 16.0. The summed E-state index contributed by atoms with van der Waals surface area (Å²) in [7, 11) is 0. The normalized spacial score (nSPS) is 13.0. The topological polar surface area (TPSA) is 57.5 Å². The fourth-order valence-electron chi connectivity index (χ4n) is 2.03. The van der Waals surface area contributed by atoms with Crippen molar-refractivity contribution in [1.82, 2.24) is 0 Å². The van der Waals surface area contributed by atoms with Gasteiger partial charge in [-0.25, -0.2) is 9.18 Å². The third-order valence-electron chi connectivity index (χ3n) is 3.06. The highest BCUT2D eigenvalue weighted by Crippen LogP contribution is 2.38. The quantitative estimate of drug-likeness (QED) is 0.851. The molecule has 0 aliphatic rings. The summed E-state index contributed by atoms with van der Waals surface area (Å²) < 4.78 is 52.9. The fraction of sp³-hybridized carbons (Fsp3) is 0.133. The standard InChI is InChI=1S/C15H10F4O3/c16-12-6-5-8(13(20)14(21)22)7-10(12)9-3-1-2-4-11(9)15(17,18)19/h1-7,13,20H,(H,21,22). The van der Waals surface area contributed by atoms with E-state index in [0.717, 1.165) is 30.3 Å². The molecule has 3 nitrogen and oxygen atoms in total. The van der Waals surface area contributed by atoms with E-state index in [9.17, 15) is 27.5 Å². The lowest BCUT2D eigenvalue weighted by molar-refractivity contribution is -0.147. The first-order valence-electron chi connectivity index (χ1n) is 6.08. The van der Waals surface area contributed by atoms with Gasteiger partial charge in [0.1, 0.15) is 5.82 Å². The number of hydrogen-bond acceptors (Lipinski definition) is 2. The number of alkyl halides is 3. The van der Waals surface area contributed by atoms with E-state index in [1.165, 1.54) is 12.1 Å². The Labute approximate surface area is 122 Å². The minimum absolute atomic E-state index is 0.208. The van der Waals surface area contributed by atoms with Crippen LogP contribution in [0.2, 0.25) is 0 Å². The van der Waals surface area contributed by atoms with E-state index in [4.69, 9.17) is 5.11 Å². The van der Waals surface area contributed by atoms with E-state index in [0.29, 0.717) is 0 Å². The highest BCUT2D eigenvalue weighted by atomic mass is 19.4. The van der Waals surface area contributed by atoms with E-state index in [2.05, 4.69) is 0 Å². The second-order valence-corrected chi connectivity index (χ2v) is 4.52. The lowest BCUT2D eigenvalue weighted by atomic mass is 9.96. The molecule has 0 aliphatic heterocycles. The largest absolute Gasteiger partial charge is 0.479 e. The van der Waals surface area contributed by atoms with Crippen LogP contribution in [0, 0.1) is 5.82 Å². The van der Waals surface area contributed by atoms with Crippen LogP contribution in [-0.2, 0) is 11.0 Å². The van der Waals surface area contributed by atoms with Gasteiger partial charge in [-0.1, -0.05) is 24.3 Å². The summed E-state index contributed by atoms with van der Waals surface area (Å²) >= 11 is 0. The van der Waals surface area contributed by atoms with Crippen molar-refractivity contribution >= 4 is 5.97 Å². The monoisotopic (exact) mass is 314 g/mol. The van der Waals surface area contributed by atoms with E-state index < -0.39 is 40.8 Å². The highest BCUT2D eigenvalue weighted by Gasteiger charge is 2.34. The van der Waals surface area contributed by atoms with E-state index in [1.54, 1.807) is 0 Å². The minimum Gasteiger partial charge on any atom is -0.479 e. The predicted octanol–water partition coefficient (Wildman–Crippen LogP) is 3.63. The van der Waals surface area contributed by atoms with Crippen molar-refractivity contribution in [2.45, 2.75) is 12.3 Å². The molecule has 22 heavy (non-hydrogen) atoms. The molecule has 0 amide bonds. The van der Waals surface area contributed by atoms with Gasteiger partial charge in [-0.05, 0) is 29.3 Å². The number of aliphatic carboxylic acids is 1. The third-order valence-corrected chi connectivity index (χ3v) is 3.06. The maximum absolute atomic E-state index is 13.9. The summed E-state index contributed by atoms with van der Waals surface area (Å²) in [5.74, 6) is -2.53. The maximum Gasteiger partial charge on any atom is 0.417 e. The van der Waals surface area contributed by atoms with Crippen LogP contribution in [0.25, 0.3) is 11.1 Å². The molecule has 0 saturated heterocycles. The van der Waals surface area contributed by atoms with Gasteiger partial charge in [-0.15, -0.1) is 0 Å². The molecule has 0 aliphatic carbocycles. The number of benzene rings is 2. The van der Waals surface area contributed by atoms with Crippen molar-refractivity contribution < 1.29 is 32.6 Å². The number of carbonyl (C=O) groups is 1. The van der Waals surface area contributed by atoms with Gasteiger partial charge in [0.2, 0.25) is 0 Å². The molecule has 0 radical (unpaired) electrons. The van der Waals surface area contributed by atoms with E-state index >= 15 is 0 Å². The second kappa shape index (κ2) is 5.76. The van der Waals surface area contributed by atoms with Crippen LogP contribution >= 0.6 is 0 Å². The van der Waals surface area contributed by atoms with E-state index in [1.807, 2.05) is 0 Å². The predicted molar refractivity (Wildman–Crippen MR) is 69.4 cm³/mol. The second-order valence-electron chi connectivity index (χ2n) is 4.52. The smallest absolute Gasteiger partial charge is 0.417 e. The molecule has 2 aromatic carbocycles. The molecule has 116 valence electrons. The van der Waals surface area contributed by atoms with Crippen LogP contribution in [0.1, 0.15) is 17.2 Å². The minimum atomic E-state index is -4.69. The van der Waals surface area contributed by atoms with E-state index in [-0.39, 0.29) is 5.56 Å². The molecule has 0 saturated carbocycles. The summed E-state index contributed by atoms with van der Waals surface area (Å²) in [4.78, 5) is 10.7. The summed E-state index contributed by atoms with van der Waals surface area (Å²) in [6.45, 7) is 0. The van der Waals surface area contributed by atoms with Gasteiger partial charge in [-0.2, -0.15) is 13.2 Å². The summed E-state index contributed by atoms with van der Waals surface area (Å²) in [6.07, 6.45) is -6.64. The summed E-state index contributed by atoms with van der Waals surface area (Å²) in [5, 5.41) is 18.2. The Morgan fingerprint density at radius 1 is 1.05 bits per heavy atom. The van der Waals surface area contributed by atoms with Crippen LogP contribution in [0.5, 0.6) is 0 Å². The Morgan fingerprint density at radius 3 is 2.27 bits per heavy atom. The molecule has 0 fully saturated rings. The number of halogens is 4. The number of carboxylic acids is 1. The van der Waals surface area contributed by atoms with Crippen LogP contribution in [0.3, 0.4) is 0 Å². The summed E-state index contributed by atoms with van der Waals surface area (Å²) in [6, 6.07) is 7.09. The maximum atomic E-state index is 13.9. The Morgan fingerprint density at radius 2 is 1.68 bits per heavy atom. The van der Waals surface area contributed by atoms with Gasteiger partial charge in [0, 0.05) is 5.56 Å². The van der Waals surface area contributed by atoms with Crippen molar-refractivity contribution in [3.63, 3.8) is 0 Å². The molecule has 2 N–H and O–H groups in total. The van der Waals surface area contributed by atoms with Crippen molar-refractivity contribution in [2.24, 2.45) is 0 Å². The first-order valence-corrected chi connectivity index (χ1v) is 6.08. The first-order chi connectivity index (χ1) is 10.2. The fourth-order valence-corrected chi connectivity index (χ4v) is 2.03. The molecule has 0 heterocycles. The van der Waals surface area contributed by atoms with Gasteiger partial charge < -0.3 is 10.2 Å². The van der Waals surface area contributed by atoms with Gasteiger partial charge in [0.25, 0.3) is 0 Å². The molecule has 0 spiro atoms. The molecule has 0 bridgehead atoms. The molecule has 2 rings (SSSR count). The van der Waals surface area contributed by atoms with Gasteiger partial charge in [-0.3, -0.25) is 0 Å². The SMILES string of the molecule is O=C(O)C(O)c1ccc(F)c(-c2ccccc2C(F)(F)F)c1. The average Bonchev–Trinajstić information content (AvgIpc) is 2.46. The number of rotatable bonds is 3. The van der Waals surface area contributed by atoms with Crippen molar-refractivity contribution in [3.8, 4) is 11.1 Å². The Hall–Kier alpha value is -2.41. The van der Waals surface area contributed by atoms with Crippen LogP contribution in [0.15, 0.2) is 42.5 Å². The molecule has 0 aromatic heterocycles. The number of hydrogen-bond donors (Lipinski definition) is 2. The zero-order valence-electron chi connectivity index (χ0n) is 10.9. The molecular weight excluding hydrogens is 304 g/mol.